The maximum atomic E-state index is 12.8. The summed E-state index contributed by atoms with van der Waals surface area (Å²) in [5, 5.41) is 0.210. The van der Waals surface area contributed by atoms with Crippen LogP contribution in [0.1, 0.15) is 25.3 Å². The quantitative estimate of drug-likeness (QED) is 0.933. The van der Waals surface area contributed by atoms with E-state index in [1.54, 1.807) is 0 Å². The van der Waals surface area contributed by atoms with Gasteiger partial charge in [0.2, 0.25) is 0 Å². The Hall–Kier alpha value is -1.47. The normalized spacial score (nSPS) is 11.1. The molecule has 0 aliphatic rings. The van der Waals surface area contributed by atoms with Crippen molar-refractivity contribution in [3.63, 3.8) is 0 Å². The number of alkyl halides is 1. The molecule has 0 radical (unpaired) electrons. The summed E-state index contributed by atoms with van der Waals surface area (Å²) in [5.41, 5.74) is -0.478. The van der Waals surface area contributed by atoms with Gasteiger partial charge in [0.15, 0.2) is 0 Å². The second-order valence-corrected chi connectivity index (χ2v) is 4.64. The molecule has 0 saturated heterocycles. The summed E-state index contributed by atoms with van der Waals surface area (Å²) in [6, 6.07) is 1.29. The number of H-pyrrole nitrogens is 1. The molecule has 5 nitrogen and oxygen atoms in total. The van der Waals surface area contributed by atoms with E-state index < -0.39 is 18.0 Å². The molecule has 1 N–H and O–H groups in total. The average Bonchev–Trinajstić information content (AvgIpc) is 2.35. The number of aryl methyl sites for hydroxylation is 1. The Balaban J connectivity index is 2.85. The molecule has 0 fully saturated rings. The second-order valence-electron chi connectivity index (χ2n) is 4.15. The Labute approximate surface area is 115 Å². The van der Waals surface area contributed by atoms with Gasteiger partial charge in [0, 0.05) is 0 Å². The van der Waals surface area contributed by atoms with E-state index in [0.717, 1.165) is 17.4 Å². The van der Waals surface area contributed by atoms with Crippen molar-refractivity contribution >= 4 is 11.1 Å². The van der Waals surface area contributed by atoms with Crippen LogP contribution in [0.25, 0.3) is 11.1 Å². The van der Waals surface area contributed by atoms with Crippen LogP contribution in [0.15, 0.2) is 20.1 Å². The van der Waals surface area contributed by atoms with E-state index in [-0.39, 0.29) is 15.5 Å². The number of aromatic nitrogens is 2. The van der Waals surface area contributed by atoms with Crippen molar-refractivity contribution in [2.24, 2.45) is 0 Å². The standard InChI is InChI=1S/C12H13FN2O3.Co/c1-2-3-4-8-5-9(16)18-11-10(8)12(17)15(6-13)7-14-11;/h5,14H,2-4,6H2,1H3;. The molecule has 0 unspecified atom stereocenters. The van der Waals surface area contributed by atoms with Gasteiger partial charge in [0.1, 0.15) is 0 Å². The van der Waals surface area contributed by atoms with Crippen molar-refractivity contribution in [3.05, 3.63) is 36.8 Å². The monoisotopic (exact) mass is 311 g/mol. The molecule has 0 aliphatic heterocycles. The van der Waals surface area contributed by atoms with E-state index in [0.29, 0.717) is 12.0 Å². The van der Waals surface area contributed by atoms with Crippen LogP contribution in [0, 0.1) is 4.36 Å². The van der Waals surface area contributed by atoms with Gasteiger partial charge < -0.3 is 0 Å². The van der Waals surface area contributed by atoms with E-state index >= 15 is 0 Å². The number of halogens is 1. The Morgan fingerprint density at radius 3 is 2.84 bits per heavy atom. The third-order valence-electron chi connectivity index (χ3n) is 2.86. The number of nitrogens with zero attached hydrogens (tertiary/aromatic N) is 1. The molecule has 0 atom stereocenters. The molecule has 19 heavy (non-hydrogen) atoms. The van der Waals surface area contributed by atoms with Crippen LogP contribution in [0.3, 0.4) is 0 Å². The van der Waals surface area contributed by atoms with E-state index in [9.17, 15) is 14.0 Å². The average molecular weight is 311 g/mol. The van der Waals surface area contributed by atoms with Crippen molar-refractivity contribution in [2.75, 3.05) is 0 Å². The first-order chi connectivity index (χ1) is 9.08. The zero-order valence-electron chi connectivity index (χ0n) is 10.3. The van der Waals surface area contributed by atoms with Gasteiger partial charge in [-0.25, -0.2) is 0 Å². The number of hydrogen-bond acceptors (Lipinski definition) is 3. The predicted molar refractivity (Wildman–Crippen MR) is 64.1 cm³/mol. The van der Waals surface area contributed by atoms with Gasteiger partial charge in [-0.1, -0.05) is 0 Å². The van der Waals surface area contributed by atoms with Crippen LogP contribution in [0.5, 0.6) is 0 Å². The van der Waals surface area contributed by atoms with Crippen LogP contribution in [0.4, 0.5) is 4.39 Å². The number of fused-ring (bicyclic) bond motifs is 1. The van der Waals surface area contributed by atoms with Gasteiger partial charge in [-0.3, -0.25) is 0 Å². The Morgan fingerprint density at radius 2 is 2.21 bits per heavy atom. The fourth-order valence-corrected chi connectivity index (χ4v) is 2.19. The Bertz CT molecular complexity index is 775. The molecule has 2 aromatic heterocycles. The molecule has 0 saturated carbocycles. The van der Waals surface area contributed by atoms with Crippen LogP contribution in [-0.4, -0.2) is 9.55 Å². The number of rotatable bonds is 4. The molecule has 7 heteroatoms. The van der Waals surface area contributed by atoms with Crippen LogP contribution >= 0.6 is 0 Å². The molecule has 0 aromatic carbocycles. The first-order valence-corrected chi connectivity index (χ1v) is 6.42. The molecule has 0 aliphatic carbocycles. The summed E-state index contributed by atoms with van der Waals surface area (Å²) in [6.07, 6.45) is 2.32. The third kappa shape index (κ3) is 2.61. The number of nitrogens with one attached hydrogen (secondary N) is 1. The van der Waals surface area contributed by atoms with Crippen molar-refractivity contribution < 1.29 is 24.1 Å². The van der Waals surface area contributed by atoms with Crippen LogP contribution in [0.2, 0.25) is 0 Å². The minimum atomic E-state index is -0.991. The number of unbranched alkanes of at least 4 members (excludes halogenated alkanes) is 1. The van der Waals surface area contributed by atoms with Gasteiger partial charge >= 0.3 is 115 Å². The summed E-state index contributed by atoms with van der Waals surface area (Å²) < 4.78 is 18.6. The Kier molecular flexibility index (Phi) is 4.16. The van der Waals surface area contributed by atoms with Crippen LogP contribution < -0.4 is 11.2 Å². The SMILES string of the molecule is CCCCc1cc(=O)oc2[nH][c](=[Co])n(CF)c(=O)c12. The van der Waals surface area contributed by atoms with E-state index in [1.807, 2.05) is 6.92 Å². The van der Waals surface area contributed by atoms with Gasteiger partial charge in [0.05, 0.1) is 0 Å². The fourth-order valence-electron chi connectivity index (χ4n) is 1.91. The van der Waals surface area contributed by atoms with E-state index in [2.05, 4.69) is 20.3 Å². The summed E-state index contributed by atoms with van der Waals surface area (Å²) in [7, 11) is 0. The second kappa shape index (κ2) is 5.66. The zero-order chi connectivity index (χ0) is 14.0. The van der Waals surface area contributed by atoms with Gasteiger partial charge in [-0.2, -0.15) is 0 Å². The predicted octanol–water partition coefficient (Wildman–Crippen LogP) is 1.63. The van der Waals surface area contributed by atoms with E-state index in [1.165, 1.54) is 6.07 Å². The van der Waals surface area contributed by atoms with E-state index in [4.69, 9.17) is 4.42 Å². The number of aromatic amines is 1. The molecule has 2 rings (SSSR count). The van der Waals surface area contributed by atoms with Gasteiger partial charge in [0.25, 0.3) is 0 Å². The summed E-state index contributed by atoms with van der Waals surface area (Å²) in [4.78, 5) is 26.2. The van der Waals surface area contributed by atoms with Crippen molar-refractivity contribution in [3.8, 4) is 0 Å². The molecule has 2 aromatic rings. The molecule has 0 bridgehead atoms. The van der Waals surface area contributed by atoms with Crippen molar-refractivity contribution in [2.45, 2.75) is 33.0 Å². The number of hydrogen-bond donors (Lipinski definition) is 1. The minimum absolute atomic E-state index is 0.00305. The summed E-state index contributed by atoms with van der Waals surface area (Å²) in [5.74, 6) is 0. The molecule has 0 spiro atoms. The van der Waals surface area contributed by atoms with Crippen LogP contribution in [-0.2, 0) is 28.5 Å². The zero-order valence-corrected chi connectivity index (χ0v) is 11.3. The Morgan fingerprint density at radius 1 is 1.47 bits per heavy atom. The third-order valence-corrected chi connectivity index (χ3v) is 3.27. The van der Waals surface area contributed by atoms with Crippen molar-refractivity contribution in [1.29, 1.82) is 0 Å². The summed E-state index contributed by atoms with van der Waals surface area (Å²) in [6.45, 7) is 1.01. The maximum absolute atomic E-state index is 12.8. The van der Waals surface area contributed by atoms with Gasteiger partial charge in [-0.15, -0.1) is 0 Å². The first-order valence-electron chi connectivity index (χ1n) is 5.90. The molecular weight excluding hydrogens is 298 g/mol. The molecule has 2 heterocycles. The molecular formula is C12H13CoFN2O3. The fraction of sp³-hybridized carbons (Fsp3) is 0.417. The topological polar surface area (TPSA) is 68.0 Å². The van der Waals surface area contributed by atoms with Gasteiger partial charge in [-0.05, 0) is 0 Å². The van der Waals surface area contributed by atoms with Crippen molar-refractivity contribution in [1.82, 2.24) is 9.55 Å². The molecule has 105 valence electrons. The first kappa shape index (κ1) is 13.9. The summed E-state index contributed by atoms with van der Waals surface area (Å²) >= 11 is 4.02. The molecule has 0 amide bonds.